The number of benzene rings is 3. The number of thiazole rings is 1. The van der Waals surface area contributed by atoms with E-state index in [1.165, 1.54) is 24.2 Å². The number of pyridine rings is 1. The molecule has 48 heavy (non-hydrogen) atoms. The van der Waals surface area contributed by atoms with E-state index >= 15 is 0 Å². The van der Waals surface area contributed by atoms with Gasteiger partial charge in [-0.1, -0.05) is 68.0 Å². The number of anilines is 3. The molecular formula is C39H41N5O3S. The van der Waals surface area contributed by atoms with Crippen molar-refractivity contribution in [2.24, 2.45) is 5.41 Å². The average molecular weight is 660 g/mol. The summed E-state index contributed by atoms with van der Waals surface area (Å²) in [5, 5.41) is 14.0. The number of fused-ring (bicyclic) bond motifs is 2. The van der Waals surface area contributed by atoms with Gasteiger partial charge in [0.15, 0.2) is 10.8 Å². The van der Waals surface area contributed by atoms with Crippen molar-refractivity contribution in [3.05, 3.63) is 101 Å². The number of para-hydroxylation sites is 1. The molecule has 7 rings (SSSR count). The minimum absolute atomic E-state index is 0.0295. The number of aromatic nitrogens is 2. The molecule has 2 N–H and O–H groups in total. The SMILES string of the molecule is Cc1c(-c2ccc(N3CCc4cccc(C(=O)Nc5nc6ccccc6s5)c4C3)nc2C(=O)O)cccc1N(C)C1CCCC(C)(C)C1. The van der Waals surface area contributed by atoms with E-state index in [1.54, 1.807) is 0 Å². The van der Waals surface area contributed by atoms with E-state index in [0.29, 0.717) is 46.6 Å². The van der Waals surface area contributed by atoms with Crippen LogP contribution in [0.5, 0.6) is 0 Å². The number of carboxylic acids is 1. The van der Waals surface area contributed by atoms with Gasteiger partial charge in [0.1, 0.15) is 5.82 Å². The van der Waals surface area contributed by atoms with Gasteiger partial charge in [-0.15, -0.1) is 0 Å². The van der Waals surface area contributed by atoms with Crippen LogP contribution < -0.4 is 15.1 Å². The maximum absolute atomic E-state index is 13.5. The Morgan fingerprint density at radius 3 is 2.60 bits per heavy atom. The summed E-state index contributed by atoms with van der Waals surface area (Å²) in [6.07, 6.45) is 5.47. The lowest BCUT2D eigenvalue weighted by atomic mass is 9.74. The van der Waals surface area contributed by atoms with Crippen LogP contribution in [0, 0.1) is 12.3 Å². The fourth-order valence-corrected chi connectivity index (χ4v) is 8.43. The first kappa shape index (κ1) is 31.8. The second-order valence-electron chi connectivity index (χ2n) is 13.9. The smallest absolute Gasteiger partial charge is 0.355 e. The van der Waals surface area contributed by atoms with E-state index in [4.69, 9.17) is 4.98 Å². The fraction of sp³-hybridized carbons (Fsp3) is 0.333. The number of carbonyl (C=O) groups excluding carboxylic acids is 1. The zero-order valence-corrected chi connectivity index (χ0v) is 28.7. The number of nitrogens with zero attached hydrogens (tertiary/aromatic N) is 4. The fourth-order valence-electron chi connectivity index (χ4n) is 7.57. The zero-order valence-electron chi connectivity index (χ0n) is 27.9. The van der Waals surface area contributed by atoms with Crippen LogP contribution in [0.15, 0.2) is 72.8 Å². The largest absolute Gasteiger partial charge is 0.476 e. The number of hydrogen-bond donors (Lipinski definition) is 2. The van der Waals surface area contributed by atoms with Crippen LogP contribution in [0.4, 0.5) is 16.6 Å². The van der Waals surface area contributed by atoms with Crippen LogP contribution >= 0.6 is 11.3 Å². The number of carboxylic acid groups (broad SMARTS) is 1. The maximum Gasteiger partial charge on any atom is 0.355 e. The predicted molar refractivity (Wildman–Crippen MR) is 195 cm³/mol. The van der Waals surface area contributed by atoms with Gasteiger partial charge in [0.2, 0.25) is 0 Å². The molecule has 1 saturated carbocycles. The third-order valence-corrected chi connectivity index (χ3v) is 11.1. The molecule has 2 aromatic heterocycles. The molecule has 1 unspecified atom stereocenters. The van der Waals surface area contributed by atoms with Crippen LogP contribution in [0.3, 0.4) is 0 Å². The second-order valence-corrected chi connectivity index (χ2v) is 14.9. The summed E-state index contributed by atoms with van der Waals surface area (Å²) in [4.78, 5) is 40.0. The number of hydrogen-bond acceptors (Lipinski definition) is 7. The van der Waals surface area contributed by atoms with Gasteiger partial charge >= 0.3 is 5.97 Å². The van der Waals surface area contributed by atoms with Crippen molar-refractivity contribution in [1.82, 2.24) is 9.97 Å². The molecule has 0 bridgehead atoms. The third-order valence-electron chi connectivity index (χ3n) is 10.1. The average Bonchev–Trinajstić information content (AvgIpc) is 3.49. The molecule has 1 aliphatic heterocycles. The van der Waals surface area contributed by atoms with E-state index in [0.717, 1.165) is 57.4 Å². The van der Waals surface area contributed by atoms with E-state index < -0.39 is 5.97 Å². The Hall–Kier alpha value is -4.76. The molecule has 246 valence electrons. The molecule has 8 nitrogen and oxygen atoms in total. The first-order valence-electron chi connectivity index (χ1n) is 16.7. The summed E-state index contributed by atoms with van der Waals surface area (Å²) < 4.78 is 1.01. The summed E-state index contributed by atoms with van der Waals surface area (Å²) in [7, 11) is 2.17. The van der Waals surface area contributed by atoms with Gasteiger partial charge < -0.3 is 14.9 Å². The highest BCUT2D eigenvalue weighted by Gasteiger charge is 2.31. The molecule has 1 amide bonds. The van der Waals surface area contributed by atoms with Crippen molar-refractivity contribution in [3.63, 3.8) is 0 Å². The number of amides is 1. The van der Waals surface area contributed by atoms with Crippen molar-refractivity contribution in [1.29, 1.82) is 0 Å². The predicted octanol–water partition coefficient (Wildman–Crippen LogP) is 8.58. The molecular weight excluding hydrogens is 619 g/mol. The van der Waals surface area contributed by atoms with Crippen molar-refractivity contribution < 1.29 is 14.7 Å². The number of aromatic carboxylic acids is 1. The van der Waals surface area contributed by atoms with Crippen molar-refractivity contribution in [3.8, 4) is 11.1 Å². The van der Waals surface area contributed by atoms with Gasteiger partial charge in [-0.05, 0) is 96.7 Å². The van der Waals surface area contributed by atoms with Crippen molar-refractivity contribution >= 4 is 50.1 Å². The molecule has 0 spiro atoms. The molecule has 1 atom stereocenters. The highest BCUT2D eigenvalue weighted by molar-refractivity contribution is 7.22. The number of rotatable bonds is 7. The molecule has 5 aromatic rings. The van der Waals surface area contributed by atoms with E-state index in [-0.39, 0.29) is 11.6 Å². The number of nitrogens with one attached hydrogen (secondary N) is 1. The van der Waals surface area contributed by atoms with Gasteiger partial charge in [0.25, 0.3) is 5.91 Å². The Bertz CT molecular complexity index is 2000. The van der Waals surface area contributed by atoms with E-state index in [9.17, 15) is 14.7 Å². The van der Waals surface area contributed by atoms with Crippen molar-refractivity contribution in [2.75, 3.05) is 28.7 Å². The summed E-state index contributed by atoms with van der Waals surface area (Å²) in [6, 6.07) is 24.0. The minimum Gasteiger partial charge on any atom is -0.476 e. The van der Waals surface area contributed by atoms with Crippen LogP contribution in [0.1, 0.15) is 77.1 Å². The van der Waals surface area contributed by atoms with Gasteiger partial charge in [-0.2, -0.15) is 0 Å². The molecule has 9 heteroatoms. The normalized spacial score (nSPS) is 17.2. The Morgan fingerprint density at radius 1 is 1.00 bits per heavy atom. The first-order chi connectivity index (χ1) is 23.1. The summed E-state index contributed by atoms with van der Waals surface area (Å²) in [5.74, 6) is -0.690. The molecule has 3 heterocycles. The molecule has 1 aliphatic carbocycles. The Labute approximate surface area is 285 Å². The first-order valence-corrected chi connectivity index (χ1v) is 17.5. The lowest BCUT2D eigenvalue weighted by molar-refractivity contribution is 0.0691. The molecule has 0 saturated heterocycles. The Balaban J connectivity index is 1.16. The van der Waals surface area contributed by atoms with Crippen LogP contribution in [-0.4, -0.2) is 46.6 Å². The van der Waals surface area contributed by atoms with Gasteiger partial charge in [-0.3, -0.25) is 10.1 Å². The number of carbonyl (C=O) groups is 2. The Kier molecular flexibility index (Phi) is 8.41. The summed E-state index contributed by atoms with van der Waals surface area (Å²) in [6.45, 7) is 7.89. The lowest BCUT2D eigenvalue weighted by Crippen LogP contribution is -2.39. The summed E-state index contributed by atoms with van der Waals surface area (Å²) >= 11 is 1.45. The van der Waals surface area contributed by atoms with Crippen LogP contribution in [0.2, 0.25) is 0 Å². The molecule has 1 fully saturated rings. The van der Waals surface area contributed by atoms with Gasteiger partial charge in [0, 0.05) is 43.0 Å². The van der Waals surface area contributed by atoms with E-state index in [2.05, 4.69) is 60.1 Å². The zero-order chi connectivity index (χ0) is 33.6. The van der Waals surface area contributed by atoms with Gasteiger partial charge in [-0.25, -0.2) is 14.8 Å². The Morgan fingerprint density at radius 2 is 1.81 bits per heavy atom. The van der Waals surface area contributed by atoms with Crippen LogP contribution in [-0.2, 0) is 13.0 Å². The van der Waals surface area contributed by atoms with E-state index in [1.807, 2.05) is 60.7 Å². The third kappa shape index (κ3) is 6.15. The second kappa shape index (κ2) is 12.7. The highest BCUT2D eigenvalue weighted by atomic mass is 32.1. The van der Waals surface area contributed by atoms with Crippen molar-refractivity contribution in [2.45, 2.75) is 65.5 Å². The molecule has 3 aromatic carbocycles. The standard InChI is InChI=1S/C39H41N5O3S/c1-24-27(12-8-15-32(24)43(4)26-11-9-20-39(2,3)22-26)28-17-18-34(41-35(28)37(46)47)44-21-19-25-10-7-13-29(30(25)23-44)36(45)42-38-40-31-14-5-6-16-33(31)48-38/h5-8,10,12-18,26H,9,11,19-23H2,1-4H3,(H,46,47)(H,40,42,45). The van der Waals surface area contributed by atoms with Crippen LogP contribution in [0.25, 0.3) is 21.3 Å². The topological polar surface area (TPSA) is 98.7 Å². The molecule has 0 radical (unpaired) electrons. The lowest BCUT2D eigenvalue weighted by Gasteiger charge is -2.41. The molecule has 2 aliphatic rings. The highest BCUT2D eigenvalue weighted by Crippen LogP contribution is 2.40. The van der Waals surface area contributed by atoms with Gasteiger partial charge in [0.05, 0.1) is 10.2 Å². The quantitative estimate of drug-likeness (QED) is 0.181. The minimum atomic E-state index is -1.06. The monoisotopic (exact) mass is 659 g/mol. The summed E-state index contributed by atoms with van der Waals surface area (Å²) in [5.41, 5.74) is 7.47. The maximum atomic E-state index is 13.5.